The van der Waals surface area contributed by atoms with Crippen molar-refractivity contribution in [3.63, 3.8) is 0 Å². The summed E-state index contributed by atoms with van der Waals surface area (Å²) in [5, 5.41) is 15.7. The van der Waals surface area contributed by atoms with E-state index in [1.807, 2.05) is 0 Å². The van der Waals surface area contributed by atoms with Crippen LogP contribution in [0, 0.1) is 0 Å². The van der Waals surface area contributed by atoms with Gasteiger partial charge in [0.25, 0.3) is 0 Å². The number of hydrogen-bond donors (Lipinski definition) is 1. The van der Waals surface area contributed by atoms with Crippen LogP contribution in [0.2, 0.25) is 15.1 Å². The molecule has 1 aromatic heterocycles. The Labute approximate surface area is 193 Å². The van der Waals surface area contributed by atoms with E-state index in [4.69, 9.17) is 39.5 Å². The lowest BCUT2D eigenvalue weighted by molar-refractivity contribution is 0.0691. The summed E-state index contributed by atoms with van der Waals surface area (Å²) in [7, 11) is 1.57. The summed E-state index contributed by atoms with van der Waals surface area (Å²) in [6.07, 6.45) is 0. The molecule has 0 bridgehead atoms. The number of aromatic carboxylic acids is 1. The molecule has 0 saturated heterocycles. The molecule has 0 radical (unpaired) electrons. The predicted molar refractivity (Wildman–Crippen MR) is 123 cm³/mol. The van der Waals surface area contributed by atoms with Crippen LogP contribution >= 0.6 is 34.8 Å². The van der Waals surface area contributed by atoms with E-state index in [1.54, 1.807) is 73.8 Å². The average molecular weight is 474 g/mol. The summed E-state index contributed by atoms with van der Waals surface area (Å²) in [4.78, 5) is 12.2. The van der Waals surface area contributed by atoms with Crippen molar-refractivity contribution in [1.82, 2.24) is 9.78 Å². The third-order valence-electron chi connectivity index (χ3n) is 4.72. The minimum Gasteiger partial charge on any atom is -0.497 e. The number of benzene rings is 3. The third kappa shape index (κ3) is 4.12. The first-order chi connectivity index (χ1) is 14.9. The van der Waals surface area contributed by atoms with Crippen molar-refractivity contribution in [2.75, 3.05) is 7.11 Å². The lowest BCUT2D eigenvalue weighted by Crippen LogP contribution is -2.03. The molecule has 0 atom stereocenters. The average Bonchev–Trinajstić information content (AvgIpc) is 3.15. The lowest BCUT2D eigenvalue weighted by atomic mass is 9.98. The minimum atomic E-state index is -1.16. The third-order valence-corrected chi connectivity index (χ3v) is 5.51. The largest absolute Gasteiger partial charge is 0.497 e. The van der Waals surface area contributed by atoms with Gasteiger partial charge in [-0.1, -0.05) is 59.1 Å². The van der Waals surface area contributed by atoms with Crippen molar-refractivity contribution in [1.29, 1.82) is 0 Å². The molecular weight excluding hydrogens is 459 g/mol. The van der Waals surface area contributed by atoms with E-state index in [0.717, 1.165) is 5.56 Å². The zero-order valence-corrected chi connectivity index (χ0v) is 18.4. The van der Waals surface area contributed by atoms with Crippen molar-refractivity contribution in [2.24, 2.45) is 0 Å². The van der Waals surface area contributed by atoms with E-state index in [2.05, 4.69) is 5.10 Å². The Morgan fingerprint density at radius 3 is 2.10 bits per heavy atom. The van der Waals surface area contributed by atoms with Crippen LogP contribution in [-0.2, 0) is 0 Å². The Hall–Kier alpha value is -2.99. The van der Waals surface area contributed by atoms with E-state index >= 15 is 0 Å². The summed E-state index contributed by atoms with van der Waals surface area (Å²) in [5.74, 6) is -0.508. The number of ether oxygens (including phenoxy) is 1. The van der Waals surface area contributed by atoms with Gasteiger partial charge in [0.05, 0.1) is 23.5 Å². The first-order valence-corrected chi connectivity index (χ1v) is 10.2. The fourth-order valence-corrected chi connectivity index (χ4v) is 3.92. The highest BCUT2D eigenvalue weighted by atomic mass is 35.5. The number of halogens is 3. The summed E-state index contributed by atoms with van der Waals surface area (Å²) in [6.45, 7) is 0. The molecule has 5 nitrogen and oxygen atoms in total. The van der Waals surface area contributed by atoms with E-state index in [1.165, 1.54) is 4.68 Å². The van der Waals surface area contributed by atoms with Gasteiger partial charge in [-0.3, -0.25) is 0 Å². The number of carboxylic acids is 1. The molecule has 4 aromatic rings. The van der Waals surface area contributed by atoms with Crippen molar-refractivity contribution in [2.45, 2.75) is 0 Å². The van der Waals surface area contributed by atoms with Crippen molar-refractivity contribution in [3.8, 4) is 33.8 Å². The molecule has 156 valence electrons. The fourth-order valence-electron chi connectivity index (χ4n) is 3.30. The van der Waals surface area contributed by atoms with Crippen LogP contribution < -0.4 is 4.74 Å². The van der Waals surface area contributed by atoms with Gasteiger partial charge in [-0.15, -0.1) is 0 Å². The summed E-state index contributed by atoms with van der Waals surface area (Å²) in [5.41, 5.74) is 2.78. The molecule has 0 spiro atoms. The summed E-state index contributed by atoms with van der Waals surface area (Å²) >= 11 is 18.6. The fraction of sp³-hybridized carbons (Fsp3) is 0.0435. The highest BCUT2D eigenvalue weighted by Crippen LogP contribution is 2.39. The molecule has 0 fully saturated rings. The second-order valence-electron chi connectivity index (χ2n) is 6.62. The molecule has 0 unspecified atom stereocenters. The van der Waals surface area contributed by atoms with E-state index in [0.29, 0.717) is 43.3 Å². The van der Waals surface area contributed by atoms with E-state index in [-0.39, 0.29) is 5.69 Å². The second-order valence-corrected chi connectivity index (χ2v) is 7.90. The first-order valence-electron chi connectivity index (χ1n) is 9.11. The molecule has 0 aliphatic rings. The Morgan fingerprint density at radius 2 is 1.52 bits per heavy atom. The standard InChI is InChI=1S/C23H15Cl3N2O3/c1-31-17-9-4-13(5-10-17)20-21(23(29)30)27-28(19-11-8-16(25)12-18(19)26)22(20)14-2-6-15(24)7-3-14/h2-12H,1H3,(H,29,30). The summed E-state index contributed by atoms with van der Waals surface area (Å²) in [6, 6.07) is 19.1. The van der Waals surface area contributed by atoms with Crippen LogP contribution in [0.1, 0.15) is 10.5 Å². The number of hydrogen-bond acceptors (Lipinski definition) is 3. The number of nitrogens with zero attached hydrogens (tertiary/aromatic N) is 2. The Bertz CT molecular complexity index is 1270. The van der Waals surface area contributed by atoms with Crippen LogP contribution in [0.4, 0.5) is 0 Å². The zero-order chi connectivity index (χ0) is 22.1. The molecular formula is C23H15Cl3N2O3. The van der Waals surface area contributed by atoms with Crippen LogP contribution in [0.3, 0.4) is 0 Å². The molecule has 8 heteroatoms. The number of methoxy groups -OCH3 is 1. The van der Waals surface area contributed by atoms with Crippen LogP contribution in [-0.4, -0.2) is 28.0 Å². The van der Waals surface area contributed by atoms with Gasteiger partial charge in [-0.25, -0.2) is 9.48 Å². The maximum absolute atomic E-state index is 12.2. The highest BCUT2D eigenvalue weighted by Gasteiger charge is 2.26. The number of aromatic nitrogens is 2. The molecule has 0 saturated carbocycles. The van der Waals surface area contributed by atoms with Crippen LogP contribution in [0.5, 0.6) is 5.75 Å². The van der Waals surface area contributed by atoms with E-state index in [9.17, 15) is 9.90 Å². The molecule has 0 amide bonds. The monoisotopic (exact) mass is 472 g/mol. The van der Waals surface area contributed by atoms with Gasteiger partial charge in [0.1, 0.15) is 5.75 Å². The molecule has 31 heavy (non-hydrogen) atoms. The van der Waals surface area contributed by atoms with Gasteiger partial charge in [0.15, 0.2) is 5.69 Å². The van der Waals surface area contributed by atoms with Gasteiger partial charge in [-0.05, 0) is 48.0 Å². The molecule has 1 N–H and O–H groups in total. The Balaban J connectivity index is 2.07. The van der Waals surface area contributed by atoms with Gasteiger partial charge >= 0.3 is 5.97 Å². The number of carboxylic acid groups (broad SMARTS) is 1. The first kappa shape index (κ1) is 21.2. The molecule has 4 rings (SSSR count). The van der Waals surface area contributed by atoms with Gasteiger partial charge in [-0.2, -0.15) is 5.10 Å². The maximum atomic E-state index is 12.2. The normalized spacial score (nSPS) is 10.8. The second kappa shape index (κ2) is 8.63. The molecule has 0 aliphatic carbocycles. The quantitative estimate of drug-likeness (QED) is 0.343. The predicted octanol–water partition coefficient (Wildman–Crippen LogP) is 6.87. The SMILES string of the molecule is COc1ccc(-c2c(C(=O)O)nn(-c3ccc(Cl)cc3Cl)c2-c2ccc(Cl)cc2)cc1. The van der Waals surface area contributed by atoms with Crippen LogP contribution in [0.25, 0.3) is 28.1 Å². The van der Waals surface area contributed by atoms with E-state index < -0.39 is 5.97 Å². The van der Waals surface area contributed by atoms with Crippen molar-refractivity contribution >= 4 is 40.8 Å². The zero-order valence-electron chi connectivity index (χ0n) is 16.1. The Morgan fingerprint density at radius 1 is 0.903 bits per heavy atom. The lowest BCUT2D eigenvalue weighted by Gasteiger charge is -2.12. The maximum Gasteiger partial charge on any atom is 0.357 e. The smallest absolute Gasteiger partial charge is 0.357 e. The van der Waals surface area contributed by atoms with Crippen molar-refractivity contribution < 1.29 is 14.6 Å². The topological polar surface area (TPSA) is 64.3 Å². The molecule has 3 aromatic carbocycles. The minimum absolute atomic E-state index is 0.110. The summed E-state index contributed by atoms with van der Waals surface area (Å²) < 4.78 is 6.75. The van der Waals surface area contributed by atoms with Crippen molar-refractivity contribution in [3.05, 3.63) is 87.5 Å². The number of carbonyl (C=O) groups is 1. The number of rotatable bonds is 5. The van der Waals surface area contributed by atoms with Gasteiger partial charge in [0.2, 0.25) is 0 Å². The molecule has 1 heterocycles. The molecule has 0 aliphatic heterocycles. The Kier molecular flexibility index (Phi) is 5.92. The van der Waals surface area contributed by atoms with Gasteiger partial charge in [0, 0.05) is 21.2 Å². The van der Waals surface area contributed by atoms with Crippen LogP contribution in [0.15, 0.2) is 66.7 Å². The highest BCUT2D eigenvalue weighted by molar-refractivity contribution is 6.35. The van der Waals surface area contributed by atoms with Gasteiger partial charge < -0.3 is 9.84 Å².